The van der Waals surface area contributed by atoms with Crippen LogP contribution in [0.4, 0.5) is 8.78 Å². The molecule has 4 heteroatoms. The number of hydrogen-bond donors (Lipinski definition) is 1. The van der Waals surface area contributed by atoms with Gasteiger partial charge in [0.2, 0.25) is 0 Å². The quantitative estimate of drug-likeness (QED) is 0.828. The number of aryl methyl sites for hydroxylation is 2. The van der Waals surface area contributed by atoms with E-state index < -0.39 is 11.6 Å². The summed E-state index contributed by atoms with van der Waals surface area (Å²) in [5, 5.41) is 0. The number of thiophene rings is 1. The molecule has 1 aromatic heterocycles. The van der Waals surface area contributed by atoms with Crippen LogP contribution in [0.2, 0.25) is 0 Å². The molecule has 0 amide bonds. The second-order valence-corrected chi connectivity index (χ2v) is 6.87. The van der Waals surface area contributed by atoms with Gasteiger partial charge in [-0.25, -0.2) is 8.78 Å². The summed E-state index contributed by atoms with van der Waals surface area (Å²) in [6, 6.07) is 5.67. The van der Waals surface area contributed by atoms with Gasteiger partial charge in [-0.3, -0.25) is 0 Å². The van der Waals surface area contributed by atoms with E-state index in [0.717, 1.165) is 23.8 Å². The molecule has 1 atom stereocenters. The van der Waals surface area contributed by atoms with Crippen molar-refractivity contribution in [3.63, 3.8) is 0 Å². The molecular weight excluding hydrogens is 288 g/mol. The lowest BCUT2D eigenvalue weighted by Gasteiger charge is -2.10. The Bertz CT molecular complexity index is 612. The summed E-state index contributed by atoms with van der Waals surface area (Å²) in [6.07, 6.45) is 6.45. The third-order valence-electron chi connectivity index (χ3n) is 4.09. The lowest BCUT2D eigenvalue weighted by atomic mass is 10.0. The Balaban J connectivity index is 1.77. The minimum absolute atomic E-state index is 0.220. The highest BCUT2D eigenvalue weighted by molar-refractivity contribution is 7.12. The first-order valence-corrected chi connectivity index (χ1v) is 8.26. The highest BCUT2D eigenvalue weighted by Crippen LogP contribution is 2.32. The van der Waals surface area contributed by atoms with Crippen molar-refractivity contribution in [2.24, 2.45) is 5.73 Å². The van der Waals surface area contributed by atoms with Gasteiger partial charge < -0.3 is 5.73 Å². The number of rotatable bonds is 3. The lowest BCUT2D eigenvalue weighted by Crippen LogP contribution is -2.13. The van der Waals surface area contributed by atoms with Crippen molar-refractivity contribution in [3.05, 3.63) is 56.8 Å². The van der Waals surface area contributed by atoms with E-state index in [2.05, 4.69) is 6.07 Å². The first kappa shape index (κ1) is 14.7. The normalized spacial score (nSPS) is 16.3. The highest BCUT2D eigenvalue weighted by Gasteiger charge is 2.17. The van der Waals surface area contributed by atoms with Crippen LogP contribution in [0, 0.1) is 11.6 Å². The summed E-state index contributed by atoms with van der Waals surface area (Å²) in [4.78, 5) is 2.56. The Morgan fingerprint density at radius 1 is 1.10 bits per heavy atom. The van der Waals surface area contributed by atoms with Crippen LogP contribution in [-0.4, -0.2) is 0 Å². The number of benzene rings is 1. The Labute approximate surface area is 127 Å². The van der Waals surface area contributed by atoms with E-state index in [1.54, 1.807) is 11.3 Å². The van der Waals surface area contributed by atoms with Crippen molar-refractivity contribution in [2.45, 2.75) is 44.6 Å². The van der Waals surface area contributed by atoms with Crippen molar-refractivity contribution in [2.75, 3.05) is 0 Å². The second-order valence-electron chi connectivity index (χ2n) is 5.70. The smallest absolute Gasteiger partial charge is 0.129 e. The van der Waals surface area contributed by atoms with Gasteiger partial charge >= 0.3 is 0 Å². The largest absolute Gasteiger partial charge is 0.323 e. The SMILES string of the molecule is NC(Cc1ccc(F)cc1F)c1cc2c(s1)CCCCC2. The molecule has 1 nitrogen and oxygen atoms in total. The van der Waals surface area contributed by atoms with E-state index in [0.29, 0.717) is 12.0 Å². The molecule has 0 bridgehead atoms. The summed E-state index contributed by atoms with van der Waals surface area (Å²) in [6.45, 7) is 0. The minimum Gasteiger partial charge on any atom is -0.323 e. The Kier molecular flexibility index (Phi) is 4.36. The van der Waals surface area contributed by atoms with E-state index in [-0.39, 0.29) is 6.04 Å². The van der Waals surface area contributed by atoms with Crippen LogP contribution in [0.3, 0.4) is 0 Å². The maximum Gasteiger partial charge on any atom is 0.129 e. The standard InChI is InChI=1S/C17H19F2NS/c18-13-7-6-11(14(19)10-13)8-15(20)17-9-12-4-2-1-3-5-16(12)21-17/h6-7,9-10,15H,1-5,8,20H2. The summed E-state index contributed by atoms with van der Waals surface area (Å²) in [5.41, 5.74) is 8.13. The predicted molar refractivity (Wildman–Crippen MR) is 82.6 cm³/mol. The van der Waals surface area contributed by atoms with Crippen molar-refractivity contribution in [1.82, 2.24) is 0 Å². The molecule has 1 aliphatic carbocycles. The maximum absolute atomic E-state index is 13.7. The van der Waals surface area contributed by atoms with Gasteiger partial charge in [-0.1, -0.05) is 12.5 Å². The average molecular weight is 307 g/mol. The van der Waals surface area contributed by atoms with Gasteiger partial charge in [0.15, 0.2) is 0 Å². The molecule has 1 aromatic carbocycles. The van der Waals surface area contributed by atoms with Crippen LogP contribution < -0.4 is 5.73 Å². The molecule has 0 fully saturated rings. The van der Waals surface area contributed by atoms with Gasteiger partial charge in [0.25, 0.3) is 0 Å². The molecular formula is C17H19F2NS. The third-order valence-corrected chi connectivity index (χ3v) is 5.46. The zero-order valence-electron chi connectivity index (χ0n) is 11.9. The Morgan fingerprint density at radius 3 is 2.71 bits per heavy atom. The maximum atomic E-state index is 13.7. The van der Waals surface area contributed by atoms with E-state index >= 15 is 0 Å². The molecule has 1 unspecified atom stereocenters. The Hall–Kier alpha value is -1.26. The number of nitrogens with two attached hydrogens (primary N) is 1. The van der Waals surface area contributed by atoms with Crippen LogP contribution in [-0.2, 0) is 19.3 Å². The van der Waals surface area contributed by atoms with Gasteiger partial charge in [0, 0.05) is 21.9 Å². The molecule has 1 aliphatic rings. The first-order valence-electron chi connectivity index (χ1n) is 7.44. The molecule has 3 rings (SSSR count). The lowest BCUT2D eigenvalue weighted by molar-refractivity contribution is 0.564. The highest BCUT2D eigenvalue weighted by atomic mass is 32.1. The van der Waals surface area contributed by atoms with Crippen LogP contribution >= 0.6 is 11.3 Å². The average Bonchev–Trinajstić information content (AvgIpc) is 2.73. The second kappa shape index (κ2) is 6.24. The monoisotopic (exact) mass is 307 g/mol. The van der Waals surface area contributed by atoms with Crippen molar-refractivity contribution >= 4 is 11.3 Å². The van der Waals surface area contributed by atoms with E-state index in [4.69, 9.17) is 5.73 Å². The molecule has 1 heterocycles. The van der Waals surface area contributed by atoms with Crippen molar-refractivity contribution in [3.8, 4) is 0 Å². The summed E-state index contributed by atoms with van der Waals surface area (Å²) in [5.74, 6) is -1.06. The molecule has 0 radical (unpaired) electrons. The fourth-order valence-corrected chi connectivity index (χ4v) is 4.16. The number of fused-ring (bicyclic) bond motifs is 1. The third kappa shape index (κ3) is 3.33. The Morgan fingerprint density at radius 2 is 1.90 bits per heavy atom. The molecule has 0 spiro atoms. The van der Waals surface area contributed by atoms with Gasteiger partial charge in [-0.2, -0.15) is 0 Å². The van der Waals surface area contributed by atoms with Crippen LogP contribution in [0.25, 0.3) is 0 Å². The van der Waals surface area contributed by atoms with Gasteiger partial charge in [0.1, 0.15) is 11.6 Å². The molecule has 21 heavy (non-hydrogen) atoms. The molecule has 2 N–H and O–H groups in total. The zero-order chi connectivity index (χ0) is 14.8. The van der Waals surface area contributed by atoms with E-state index in [1.807, 2.05) is 0 Å². The van der Waals surface area contributed by atoms with E-state index in [1.165, 1.54) is 41.8 Å². The molecule has 0 aliphatic heterocycles. The fraction of sp³-hybridized carbons (Fsp3) is 0.412. The predicted octanol–water partition coefficient (Wildman–Crippen LogP) is 4.54. The zero-order valence-corrected chi connectivity index (χ0v) is 12.7. The summed E-state index contributed by atoms with van der Waals surface area (Å²) >= 11 is 1.76. The van der Waals surface area contributed by atoms with Crippen LogP contribution in [0.1, 0.15) is 46.2 Å². The van der Waals surface area contributed by atoms with Crippen LogP contribution in [0.15, 0.2) is 24.3 Å². The molecule has 0 saturated heterocycles. The van der Waals surface area contributed by atoms with Crippen molar-refractivity contribution in [1.29, 1.82) is 0 Å². The van der Waals surface area contributed by atoms with Gasteiger partial charge in [-0.15, -0.1) is 11.3 Å². The first-order chi connectivity index (χ1) is 10.1. The molecule has 0 saturated carbocycles. The van der Waals surface area contributed by atoms with Gasteiger partial charge in [-0.05, 0) is 55.4 Å². The summed E-state index contributed by atoms with van der Waals surface area (Å²) < 4.78 is 26.6. The number of hydrogen-bond acceptors (Lipinski definition) is 2. The minimum atomic E-state index is -0.548. The van der Waals surface area contributed by atoms with Crippen molar-refractivity contribution < 1.29 is 8.78 Å². The van der Waals surface area contributed by atoms with Gasteiger partial charge in [0.05, 0.1) is 0 Å². The topological polar surface area (TPSA) is 26.0 Å². The fourth-order valence-electron chi connectivity index (χ4n) is 2.90. The summed E-state index contributed by atoms with van der Waals surface area (Å²) in [7, 11) is 0. The number of halogens is 2. The molecule has 112 valence electrons. The van der Waals surface area contributed by atoms with E-state index in [9.17, 15) is 8.78 Å². The van der Waals surface area contributed by atoms with Crippen LogP contribution in [0.5, 0.6) is 0 Å². The molecule has 2 aromatic rings.